The normalized spacial score (nSPS) is 10.2. The van der Waals surface area contributed by atoms with Gasteiger partial charge in [0.05, 0.1) is 22.9 Å². The number of halogens is 3. The zero-order valence-electron chi connectivity index (χ0n) is 28.1. The summed E-state index contributed by atoms with van der Waals surface area (Å²) in [7, 11) is 0. The van der Waals surface area contributed by atoms with Crippen molar-refractivity contribution in [2.75, 3.05) is 11.5 Å². The van der Waals surface area contributed by atoms with E-state index in [-0.39, 0.29) is 81.5 Å². The third-order valence-corrected chi connectivity index (χ3v) is 7.28. The number of carbonyl (C=O) groups excluding carboxylic acids is 1. The van der Waals surface area contributed by atoms with Gasteiger partial charge in [-0.1, -0.05) is 109 Å². The number of para-hydroxylation sites is 2. The molecule has 9 nitrogen and oxygen atoms in total. The number of aliphatic carboxylic acids is 2. The second-order valence-electron chi connectivity index (χ2n) is 9.19. The molecular weight excluding hydrogens is 911 g/mol. The zero-order valence-corrected chi connectivity index (χ0v) is 36.6. The van der Waals surface area contributed by atoms with E-state index in [1.807, 2.05) is 109 Å². The fourth-order valence-electron chi connectivity index (χ4n) is 3.31. The maximum absolute atomic E-state index is 10.8. The Labute approximate surface area is 365 Å². The summed E-state index contributed by atoms with van der Waals surface area (Å²) in [5.41, 5.74) is 4.29. The number of thiol groups is 1. The van der Waals surface area contributed by atoms with Gasteiger partial charge in [0, 0.05) is 21.8 Å². The molecule has 4 aromatic rings. The smallest absolute Gasteiger partial charge is 1.00 e. The van der Waals surface area contributed by atoms with Crippen LogP contribution in [-0.4, -0.2) is 52.6 Å². The van der Waals surface area contributed by atoms with E-state index in [1.54, 1.807) is 6.21 Å². The Kier molecular flexibility index (Phi) is 37.7. The van der Waals surface area contributed by atoms with Gasteiger partial charge in [0.15, 0.2) is 0 Å². The van der Waals surface area contributed by atoms with Crippen molar-refractivity contribution in [2.24, 2.45) is 9.98 Å². The third-order valence-electron chi connectivity index (χ3n) is 5.48. The van der Waals surface area contributed by atoms with Crippen LogP contribution in [0.3, 0.4) is 0 Å². The average molecular weight is 948 g/mol. The van der Waals surface area contributed by atoms with Crippen LogP contribution in [0.4, 0.5) is 11.4 Å². The van der Waals surface area contributed by atoms with E-state index in [4.69, 9.17) is 20.3 Å². The van der Waals surface area contributed by atoms with Crippen molar-refractivity contribution in [3.8, 4) is 0 Å². The average Bonchev–Trinajstić information content (AvgIpc) is 3.15. The van der Waals surface area contributed by atoms with Crippen LogP contribution in [0, 0.1) is 0 Å². The molecule has 0 aromatic heterocycles. The van der Waals surface area contributed by atoms with Crippen LogP contribution in [0.15, 0.2) is 153 Å². The Bertz CT molecular complexity index is 1620. The largest absolute Gasteiger partial charge is 1.00 e. The second-order valence-corrected chi connectivity index (χ2v) is 11.5. The summed E-state index contributed by atoms with van der Waals surface area (Å²) in [6, 6.07) is 39.9. The third kappa shape index (κ3) is 30.8. The second kappa shape index (κ2) is 36.6. The van der Waals surface area contributed by atoms with Crippen molar-refractivity contribution in [2.45, 2.75) is 12.8 Å². The van der Waals surface area contributed by atoms with Crippen molar-refractivity contribution in [3.05, 3.63) is 154 Å². The fraction of sp³-hybridized carbons (Fsp3) is 0.108. The molecule has 0 heterocycles. The number of thioether (sulfide) groups is 1. The first-order valence-corrected chi connectivity index (χ1v) is 16.9. The number of nitrogens with zero attached hydrogens (tertiary/aromatic N) is 2. The molecule has 0 aliphatic rings. The first kappa shape index (κ1) is 53.6. The molecule has 272 valence electrons. The Hall–Kier alpha value is -2.79. The molecule has 52 heavy (non-hydrogen) atoms. The van der Waals surface area contributed by atoms with Crippen LogP contribution in [-0.2, 0) is 32.1 Å². The quantitative estimate of drug-likeness (QED) is 0.0375. The fourth-order valence-corrected chi connectivity index (χ4v) is 4.19. The molecule has 0 amide bonds. The number of benzene rings is 4. The van der Waals surface area contributed by atoms with Crippen molar-refractivity contribution in [3.63, 3.8) is 0 Å². The van der Waals surface area contributed by atoms with E-state index < -0.39 is 11.9 Å². The van der Waals surface area contributed by atoms with Crippen LogP contribution in [0.25, 0.3) is 0 Å². The van der Waals surface area contributed by atoms with Gasteiger partial charge in [0.25, 0.3) is 6.47 Å². The minimum absolute atomic E-state index is 0. The predicted molar refractivity (Wildman–Crippen MR) is 203 cm³/mol. The summed E-state index contributed by atoms with van der Waals surface area (Å²) in [5, 5.41) is 24.9. The molecule has 0 unspecified atom stereocenters. The van der Waals surface area contributed by atoms with Crippen LogP contribution in [0.2, 0.25) is 0 Å². The van der Waals surface area contributed by atoms with Gasteiger partial charge in [-0.2, -0.15) is 12.6 Å². The van der Waals surface area contributed by atoms with Gasteiger partial charge >= 0.3 is 41.5 Å². The molecule has 0 atom stereocenters. The number of aliphatic imine (C=N–C) groups is 2. The molecule has 0 bridgehead atoms. The molecular formula is C37H36Br3N2NaO7S2-2. The van der Waals surface area contributed by atoms with Crippen molar-refractivity contribution >= 4 is 82.5 Å². The van der Waals surface area contributed by atoms with Crippen LogP contribution < -0.4 is 68.8 Å². The number of allylic oxidation sites excluding steroid dienone is 4. The maximum atomic E-state index is 10.8. The van der Waals surface area contributed by atoms with E-state index in [1.165, 1.54) is 22.9 Å². The van der Waals surface area contributed by atoms with Crippen molar-refractivity contribution < 1.29 is 98.3 Å². The monoisotopic (exact) mass is 944 g/mol. The standard InChI is InChI=1S/C18H17NO2S.C16H14BrN.C2H4O2S.CH2O3.2BrH.Na/c20-18(21)14-22-17(12-11-15-7-3-1-4-8-15)13-19-16-9-5-2-6-10-16;17-15(12-11-14-7-3-1-4-8-14)13-18-16-9-5-2-6-10-16;3-2(4)1-5;2-1-4-3;;;/h1-10,12-13H,11,14H2,(H,20,21);1-10,12-13H,11H2;5H,1H2,(H,3,4);1,3H;2*1H;/q;;;;;;+1/p-3/b17-12-,19-13?;15-12-,18-13?;;;;;. The number of carbonyl (C=O) groups is 3. The Morgan fingerprint density at radius 3 is 1.44 bits per heavy atom. The van der Waals surface area contributed by atoms with Crippen LogP contribution in [0.1, 0.15) is 11.1 Å². The summed E-state index contributed by atoms with van der Waals surface area (Å²) >= 11 is 8.20. The molecule has 0 saturated heterocycles. The molecule has 0 aliphatic heterocycles. The van der Waals surface area contributed by atoms with E-state index in [9.17, 15) is 9.59 Å². The summed E-state index contributed by atoms with van der Waals surface area (Å²) in [5.74, 6) is -1.77. The molecule has 4 rings (SSSR count). The molecule has 0 spiro atoms. The number of carboxylic acids is 2. The van der Waals surface area contributed by atoms with Gasteiger partial charge in [-0.3, -0.25) is 24.4 Å². The van der Waals surface area contributed by atoms with E-state index >= 15 is 0 Å². The van der Waals surface area contributed by atoms with E-state index in [0.29, 0.717) is 0 Å². The Morgan fingerprint density at radius 2 is 1.08 bits per heavy atom. The molecule has 15 heteroatoms. The van der Waals surface area contributed by atoms with Gasteiger partial charge in [0.1, 0.15) is 0 Å². The maximum Gasteiger partial charge on any atom is 1.00 e. The predicted octanol–water partition coefficient (Wildman–Crippen LogP) is -1.31. The summed E-state index contributed by atoms with van der Waals surface area (Å²) in [6.45, 7) is -0.181. The SMILES string of the molecule is Br/C(C=Nc1ccccc1)=C\Cc1ccccc1.O=C(O)CS.O=C(O)CS/C(C=Nc1ccccc1)=C\Cc1ccccc1.O=CO[O-].[Br-].[Br-].[Na+]. The van der Waals surface area contributed by atoms with Gasteiger partial charge < -0.3 is 54.3 Å². The van der Waals surface area contributed by atoms with Crippen LogP contribution in [0.5, 0.6) is 0 Å². The van der Waals surface area contributed by atoms with Gasteiger partial charge in [-0.25, -0.2) is 0 Å². The van der Waals surface area contributed by atoms with Gasteiger partial charge in [0.2, 0.25) is 0 Å². The molecule has 0 fully saturated rings. The molecule has 2 N–H and O–H groups in total. The first-order valence-electron chi connectivity index (χ1n) is 14.5. The Balaban J connectivity index is -0.000000722. The summed E-state index contributed by atoms with van der Waals surface area (Å²) in [6.07, 6.45) is 9.34. The van der Waals surface area contributed by atoms with Gasteiger partial charge in [-0.15, -0.1) is 11.8 Å². The minimum Gasteiger partial charge on any atom is -1.00 e. The van der Waals surface area contributed by atoms with E-state index in [2.05, 4.69) is 73.8 Å². The number of carboxylic acid groups (broad SMARTS) is 2. The first-order chi connectivity index (χ1) is 23.8. The number of hydrogen-bond acceptors (Lipinski definition) is 9. The van der Waals surface area contributed by atoms with Crippen molar-refractivity contribution in [1.82, 2.24) is 0 Å². The Morgan fingerprint density at radius 1 is 0.712 bits per heavy atom. The summed E-state index contributed by atoms with van der Waals surface area (Å²) in [4.78, 5) is 40.9. The van der Waals surface area contributed by atoms with E-state index in [0.717, 1.165) is 33.6 Å². The number of hydrogen-bond donors (Lipinski definition) is 3. The topological polar surface area (TPSA) is 149 Å². The minimum atomic E-state index is -0.881. The van der Waals surface area contributed by atoms with Gasteiger partial charge in [-0.05, 0) is 64.2 Å². The summed E-state index contributed by atoms with van der Waals surface area (Å²) < 4.78 is 0.996. The van der Waals surface area contributed by atoms with Crippen molar-refractivity contribution in [1.29, 1.82) is 0 Å². The van der Waals surface area contributed by atoms with Crippen LogP contribution >= 0.6 is 40.3 Å². The molecule has 0 saturated carbocycles. The number of rotatable bonds is 13. The molecule has 0 radical (unpaired) electrons. The zero-order chi connectivity index (χ0) is 36.0. The molecule has 0 aliphatic carbocycles. The molecule has 4 aromatic carbocycles.